The minimum absolute atomic E-state index is 0.131. The molecule has 4 saturated carbocycles. The number of nitrogens with zero attached hydrogens (tertiary/aromatic N) is 1. The van der Waals surface area contributed by atoms with Gasteiger partial charge in [-0.15, -0.1) is 0 Å². The van der Waals surface area contributed by atoms with E-state index in [0.29, 0.717) is 6.42 Å². The molecule has 7 rings (SSSR count). The number of para-hydroxylation sites is 1. The number of benzene rings is 2. The van der Waals surface area contributed by atoms with Crippen molar-refractivity contribution in [1.29, 1.82) is 0 Å². The quantitative estimate of drug-likeness (QED) is 0.374. The molecule has 0 radical (unpaired) electrons. The average Bonchev–Trinajstić information content (AvgIpc) is 3.11. The van der Waals surface area contributed by atoms with Gasteiger partial charge in [0, 0.05) is 40.1 Å². The van der Waals surface area contributed by atoms with Crippen molar-refractivity contribution in [3.8, 4) is 0 Å². The molecule has 3 nitrogen and oxygen atoms in total. The Hall–Kier alpha value is -2.07. The van der Waals surface area contributed by atoms with Gasteiger partial charge in [0.25, 0.3) is 0 Å². The van der Waals surface area contributed by atoms with E-state index in [0.717, 1.165) is 41.6 Å². The van der Waals surface area contributed by atoms with Crippen molar-refractivity contribution >= 4 is 32.7 Å². The Morgan fingerprint density at radius 2 is 1.64 bits per heavy atom. The van der Waals surface area contributed by atoms with E-state index in [1.807, 2.05) is 0 Å². The first kappa shape index (κ1) is 21.5. The molecule has 1 aromatic heterocycles. The lowest BCUT2D eigenvalue weighted by molar-refractivity contribution is -0.126. The average molecular weight is 506 g/mol. The zero-order valence-electron chi connectivity index (χ0n) is 19.2. The Kier molecular flexibility index (Phi) is 5.60. The monoisotopic (exact) mass is 504 g/mol. The summed E-state index contributed by atoms with van der Waals surface area (Å²) in [6.45, 7) is 0.861. The van der Waals surface area contributed by atoms with Gasteiger partial charge >= 0.3 is 0 Å². The zero-order valence-corrected chi connectivity index (χ0v) is 20.8. The topological polar surface area (TPSA) is 34.0 Å². The Balaban J connectivity index is 1.10. The lowest BCUT2D eigenvalue weighted by Crippen LogP contribution is -2.59. The molecule has 4 aliphatic rings. The van der Waals surface area contributed by atoms with E-state index in [1.54, 1.807) is 0 Å². The van der Waals surface area contributed by atoms with Gasteiger partial charge in [0.05, 0.1) is 0 Å². The fraction of sp³-hybridized carbons (Fsp3) is 0.483. The number of aromatic nitrogens is 1. The fourth-order valence-corrected chi connectivity index (χ4v) is 7.77. The molecule has 4 heteroatoms. The third kappa shape index (κ3) is 4.39. The first-order valence-corrected chi connectivity index (χ1v) is 13.5. The number of hydrogen-bond acceptors (Lipinski definition) is 1. The number of fused-ring (bicyclic) bond motifs is 1. The predicted octanol–water partition coefficient (Wildman–Crippen LogP) is 6.86. The van der Waals surface area contributed by atoms with Gasteiger partial charge in [0.15, 0.2) is 0 Å². The van der Waals surface area contributed by atoms with Crippen molar-refractivity contribution in [2.24, 2.45) is 17.8 Å². The van der Waals surface area contributed by atoms with Gasteiger partial charge in [-0.2, -0.15) is 0 Å². The summed E-state index contributed by atoms with van der Waals surface area (Å²) >= 11 is 3.53. The molecule has 4 bridgehead atoms. The highest BCUT2D eigenvalue weighted by atomic mass is 79.9. The molecule has 1 heterocycles. The van der Waals surface area contributed by atoms with Crippen LogP contribution in [0.3, 0.4) is 0 Å². The molecule has 0 spiro atoms. The molecule has 3 aromatic rings. The summed E-state index contributed by atoms with van der Waals surface area (Å²) in [5, 5.41) is 4.86. The second-order valence-corrected chi connectivity index (χ2v) is 11.9. The molecule has 0 saturated heterocycles. The number of amides is 1. The van der Waals surface area contributed by atoms with Crippen LogP contribution >= 0.6 is 15.9 Å². The molecule has 0 aliphatic heterocycles. The maximum absolute atomic E-state index is 12.9. The van der Waals surface area contributed by atoms with E-state index in [-0.39, 0.29) is 11.4 Å². The van der Waals surface area contributed by atoms with Gasteiger partial charge in [0.2, 0.25) is 5.91 Å². The predicted molar refractivity (Wildman–Crippen MR) is 137 cm³/mol. The Bertz CT molecular complexity index is 1130. The minimum atomic E-state index is 0.131. The summed E-state index contributed by atoms with van der Waals surface area (Å²) in [5.41, 5.74) is 4.05. The number of carbonyl (C=O) groups is 1. The molecule has 4 fully saturated rings. The normalized spacial score (nSPS) is 27.8. The lowest BCUT2D eigenvalue weighted by atomic mass is 9.53. The van der Waals surface area contributed by atoms with Gasteiger partial charge < -0.3 is 9.88 Å². The molecule has 0 unspecified atom stereocenters. The molecular weight excluding hydrogens is 472 g/mol. The molecule has 2 aromatic carbocycles. The van der Waals surface area contributed by atoms with E-state index in [9.17, 15) is 4.79 Å². The van der Waals surface area contributed by atoms with Gasteiger partial charge in [-0.25, -0.2) is 0 Å². The van der Waals surface area contributed by atoms with E-state index >= 15 is 0 Å². The van der Waals surface area contributed by atoms with Crippen molar-refractivity contribution in [3.63, 3.8) is 0 Å². The van der Waals surface area contributed by atoms with Crippen molar-refractivity contribution < 1.29 is 4.79 Å². The first-order valence-electron chi connectivity index (χ1n) is 12.7. The highest BCUT2D eigenvalue weighted by Crippen LogP contribution is 2.55. The molecule has 1 amide bonds. The van der Waals surface area contributed by atoms with Gasteiger partial charge in [-0.05, 0) is 98.4 Å². The summed E-state index contributed by atoms with van der Waals surface area (Å²) in [4.78, 5) is 12.9. The summed E-state index contributed by atoms with van der Waals surface area (Å²) in [7, 11) is 0. The van der Waals surface area contributed by atoms with Gasteiger partial charge in [-0.1, -0.05) is 46.3 Å². The second kappa shape index (κ2) is 8.61. The van der Waals surface area contributed by atoms with E-state index in [4.69, 9.17) is 0 Å². The fourth-order valence-electron chi connectivity index (χ4n) is 7.50. The van der Waals surface area contributed by atoms with Crippen molar-refractivity contribution in [1.82, 2.24) is 9.88 Å². The zero-order chi connectivity index (χ0) is 22.4. The minimum Gasteiger partial charge on any atom is -0.351 e. The Labute approximate surface area is 205 Å². The summed E-state index contributed by atoms with van der Waals surface area (Å²) < 4.78 is 3.46. The van der Waals surface area contributed by atoms with E-state index in [1.165, 1.54) is 60.6 Å². The molecule has 33 heavy (non-hydrogen) atoms. The number of halogens is 1. The number of nitrogens with one attached hydrogen (secondary N) is 1. The van der Waals surface area contributed by atoms with Crippen LogP contribution in [0.15, 0.2) is 59.2 Å². The smallest absolute Gasteiger partial charge is 0.220 e. The Morgan fingerprint density at radius 3 is 2.33 bits per heavy atom. The molecular formula is C29H33BrN2O. The van der Waals surface area contributed by atoms with E-state index < -0.39 is 0 Å². The van der Waals surface area contributed by atoms with Crippen LogP contribution in [0.4, 0.5) is 0 Å². The van der Waals surface area contributed by atoms with Crippen LogP contribution in [0.1, 0.15) is 62.5 Å². The second-order valence-electron chi connectivity index (χ2n) is 11.0. The van der Waals surface area contributed by atoms with Crippen LogP contribution in [0, 0.1) is 17.8 Å². The number of carbonyl (C=O) groups excluding carboxylic acids is 1. The van der Waals surface area contributed by atoms with Gasteiger partial charge in [-0.3, -0.25) is 4.79 Å². The Morgan fingerprint density at radius 1 is 0.970 bits per heavy atom. The number of aryl methyl sites for hydroxylation is 1. The van der Waals surface area contributed by atoms with Crippen LogP contribution in [0.25, 0.3) is 10.9 Å². The van der Waals surface area contributed by atoms with Crippen LogP contribution < -0.4 is 5.32 Å². The highest BCUT2D eigenvalue weighted by molar-refractivity contribution is 9.10. The van der Waals surface area contributed by atoms with Crippen molar-refractivity contribution in [2.75, 3.05) is 0 Å². The molecule has 172 valence electrons. The highest BCUT2D eigenvalue weighted by Gasteiger charge is 2.51. The summed E-state index contributed by atoms with van der Waals surface area (Å²) in [5.74, 6) is 2.88. The number of hydrogen-bond donors (Lipinski definition) is 1. The van der Waals surface area contributed by atoms with Gasteiger partial charge in [0.1, 0.15) is 0 Å². The van der Waals surface area contributed by atoms with Crippen molar-refractivity contribution in [3.05, 3.63) is 70.3 Å². The van der Waals surface area contributed by atoms with Crippen LogP contribution in [-0.4, -0.2) is 16.0 Å². The van der Waals surface area contributed by atoms with Crippen LogP contribution in [0.2, 0.25) is 0 Å². The lowest BCUT2D eigenvalue weighted by Gasteiger charge is -2.56. The standard InChI is InChI=1S/C29H33BrN2O/c30-25-10-8-20(9-11-25)18-32-19-24(26-5-1-2-6-27(26)32)4-3-7-28(33)31-29-15-21-12-22(16-29)14-23(13-21)17-29/h1-2,5-6,8-11,19,21-23H,3-4,7,12-18H2,(H,31,33). The maximum atomic E-state index is 12.9. The van der Waals surface area contributed by atoms with E-state index in [2.05, 4.69) is 80.5 Å². The first-order chi connectivity index (χ1) is 16.1. The van der Waals surface area contributed by atoms with Crippen LogP contribution in [0.5, 0.6) is 0 Å². The summed E-state index contributed by atoms with van der Waals surface area (Å²) in [6.07, 6.45) is 12.7. The third-order valence-electron chi connectivity index (χ3n) is 8.43. The molecule has 1 N–H and O–H groups in total. The molecule has 0 atom stereocenters. The van der Waals surface area contributed by atoms with Crippen molar-refractivity contribution in [2.45, 2.75) is 69.9 Å². The summed E-state index contributed by atoms with van der Waals surface area (Å²) in [6, 6.07) is 17.2. The molecule has 4 aliphatic carbocycles. The number of rotatable bonds is 7. The maximum Gasteiger partial charge on any atom is 0.220 e. The SMILES string of the molecule is O=C(CCCc1cn(Cc2ccc(Br)cc2)c2ccccc12)NC12CC3CC(CC(C3)C1)C2. The van der Waals surface area contributed by atoms with Crippen LogP contribution in [-0.2, 0) is 17.8 Å². The third-order valence-corrected chi connectivity index (χ3v) is 8.96. The largest absolute Gasteiger partial charge is 0.351 e.